The predicted octanol–water partition coefficient (Wildman–Crippen LogP) is 4.04. The molecule has 0 saturated carbocycles. The molecule has 1 atom stereocenters. The maximum Gasteiger partial charge on any atom is 0.179 e. The van der Waals surface area contributed by atoms with Crippen molar-refractivity contribution in [1.29, 1.82) is 0 Å². The number of nitrogens with zero attached hydrogens (tertiary/aromatic N) is 3. The minimum atomic E-state index is 0.246. The first kappa shape index (κ1) is 15.5. The third kappa shape index (κ3) is 3.42. The van der Waals surface area contributed by atoms with Crippen LogP contribution in [0.3, 0.4) is 0 Å². The van der Waals surface area contributed by atoms with Gasteiger partial charge in [0.1, 0.15) is 5.69 Å². The first-order valence-corrected chi connectivity index (χ1v) is 7.99. The summed E-state index contributed by atoms with van der Waals surface area (Å²) in [5.74, 6) is 0.634. The Morgan fingerprint density at radius 2 is 2.00 bits per heavy atom. The van der Waals surface area contributed by atoms with E-state index in [1.165, 1.54) is 0 Å². The van der Waals surface area contributed by atoms with Crippen molar-refractivity contribution in [3.63, 3.8) is 0 Å². The minimum absolute atomic E-state index is 0.246. The molecule has 0 aliphatic rings. The molecule has 0 amide bonds. The molecule has 2 aromatic heterocycles. The predicted molar refractivity (Wildman–Crippen MR) is 87.5 cm³/mol. The Hall–Kier alpha value is -0.850. The van der Waals surface area contributed by atoms with Gasteiger partial charge in [-0.2, -0.15) is 0 Å². The van der Waals surface area contributed by atoms with Gasteiger partial charge in [-0.05, 0) is 58.3 Å². The molecule has 2 heterocycles. The highest BCUT2D eigenvalue weighted by Gasteiger charge is 2.13. The molecular weight excluding hydrogens is 384 g/mol. The lowest BCUT2D eigenvalue weighted by Crippen LogP contribution is -2.19. The second kappa shape index (κ2) is 6.74. The highest BCUT2D eigenvalue weighted by atomic mass is 79.9. The molecule has 4 nitrogen and oxygen atoms in total. The fourth-order valence-electron chi connectivity index (χ4n) is 2.01. The van der Waals surface area contributed by atoms with Crippen molar-refractivity contribution in [2.24, 2.45) is 0 Å². The lowest BCUT2D eigenvalue weighted by atomic mass is 10.1. The van der Waals surface area contributed by atoms with Gasteiger partial charge < -0.3 is 5.32 Å². The van der Waals surface area contributed by atoms with Crippen LogP contribution in [0, 0.1) is 6.92 Å². The van der Waals surface area contributed by atoms with E-state index in [-0.39, 0.29) is 6.04 Å². The van der Waals surface area contributed by atoms with Gasteiger partial charge >= 0.3 is 0 Å². The number of pyridine rings is 1. The molecule has 20 heavy (non-hydrogen) atoms. The number of halogens is 2. The molecule has 1 N–H and O–H groups in total. The van der Waals surface area contributed by atoms with E-state index >= 15 is 0 Å². The van der Waals surface area contributed by atoms with Crippen molar-refractivity contribution < 1.29 is 0 Å². The molecule has 0 saturated heterocycles. The summed E-state index contributed by atoms with van der Waals surface area (Å²) >= 11 is 6.89. The number of rotatable bonds is 4. The van der Waals surface area contributed by atoms with E-state index in [1.807, 2.05) is 19.2 Å². The lowest BCUT2D eigenvalue weighted by molar-refractivity contribution is 0.590. The SMILES string of the molecule is CCNC(C)c1cnc(-c2ncc(Br)cc2Br)nc1C. The van der Waals surface area contributed by atoms with E-state index in [9.17, 15) is 0 Å². The van der Waals surface area contributed by atoms with Crippen LogP contribution in [0.4, 0.5) is 0 Å². The van der Waals surface area contributed by atoms with E-state index in [0.717, 1.165) is 32.4 Å². The largest absolute Gasteiger partial charge is 0.310 e. The Morgan fingerprint density at radius 1 is 1.25 bits per heavy atom. The molecule has 6 heteroatoms. The van der Waals surface area contributed by atoms with Crippen LogP contribution in [0.15, 0.2) is 27.4 Å². The topological polar surface area (TPSA) is 50.7 Å². The Balaban J connectivity index is 2.38. The first-order chi connectivity index (χ1) is 9.52. The molecule has 0 radical (unpaired) electrons. The summed E-state index contributed by atoms with van der Waals surface area (Å²) in [4.78, 5) is 13.4. The van der Waals surface area contributed by atoms with Crippen molar-refractivity contribution in [3.05, 3.63) is 38.7 Å². The van der Waals surface area contributed by atoms with Crippen LogP contribution >= 0.6 is 31.9 Å². The summed E-state index contributed by atoms with van der Waals surface area (Å²) in [7, 11) is 0. The molecule has 2 aromatic rings. The van der Waals surface area contributed by atoms with Crippen LogP contribution in [-0.4, -0.2) is 21.5 Å². The summed E-state index contributed by atoms with van der Waals surface area (Å²) in [6.07, 6.45) is 3.62. The lowest BCUT2D eigenvalue weighted by Gasteiger charge is -2.15. The van der Waals surface area contributed by atoms with E-state index in [1.54, 1.807) is 6.20 Å². The summed E-state index contributed by atoms with van der Waals surface area (Å²) in [6.45, 7) is 7.12. The molecule has 0 aliphatic carbocycles. The normalized spacial score (nSPS) is 12.4. The Labute approximate surface area is 135 Å². The van der Waals surface area contributed by atoms with Crippen LogP contribution < -0.4 is 5.32 Å². The van der Waals surface area contributed by atoms with Crippen molar-refractivity contribution >= 4 is 31.9 Å². The minimum Gasteiger partial charge on any atom is -0.310 e. The zero-order chi connectivity index (χ0) is 14.7. The van der Waals surface area contributed by atoms with E-state index < -0.39 is 0 Å². The summed E-state index contributed by atoms with van der Waals surface area (Å²) in [5, 5.41) is 3.37. The van der Waals surface area contributed by atoms with Gasteiger partial charge in [-0.3, -0.25) is 4.98 Å². The van der Waals surface area contributed by atoms with Crippen molar-refractivity contribution in [1.82, 2.24) is 20.3 Å². The summed E-state index contributed by atoms with van der Waals surface area (Å²) in [6, 6.07) is 2.19. The van der Waals surface area contributed by atoms with Gasteiger partial charge in [0.05, 0.1) is 0 Å². The summed E-state index contributed by atoms with van der Waals surface area (Å²) < 4.78 is 1.79. The van der Waals surface area contributed by atoms with Crippen molar-refractivity contribution in [2.75, 3.05) is 6.54 Å². The van der Waals surface area contributed by atoms with Crippen LogP contribution in [-0.2, 0) is 0 Å². The molecule has 0 spiro atoms. The van der Waals surface area contributed by atoms with Crippen LogP contribution in [0.1, 0.15) is 31.1 Å². The molecule has 2 rings (SSSR count). The smallest absolute Gasteiger partial charge is 0.179 e. The first-order valence-electron chi connectivity index (χ1n) is 6.41. The van der Waals surface area contributed by atoms with Gasteiger partial charge in [-0.15, -0.1) is 0 Å². The molecule has 0 fully saturated rings. The highest BCUT2D eigenvalue weighted by Crippen LogP contribution is 2.27. The number of aromatic nitrogens is 3. The third-order valence-corrected chi connectivity index (χ3v) is 4.05. The quantitative estimate of drug-likeness (QED) is 0.842. The van der Waals surface area contributed by atoms with Crippen LogP contribution in [0.5, 0.6) is 0 Å². The number of aryl methyl sites for hydroxylation is 1. The zero-order valence-electron chi connectivity index (χ0n) is 11.6. The molecule has 1 unspecified atom stereocenters. The van der Waals surface area contributed by atoms with Gasteiger partial charge in [0.15, 0.2) is 5.82 Å². The van der Waals surface area contributed by atoms with Gasteiger partial charge in [-0.1, -0.05) is 6.92 Å². The molecule has 0 aliphatic heterocycles. The Bertz CT molecular complexity index is 616. The average molecular weight is 400 g/mol. The monoisotopic (exact) mass is 398 g/mol. The average Bonchev–Trinajstić information content (AvgIpc) is 2.38. The maximum atomic E-state index is 4.58. The van der Waals surface area contributed by atoms with Gasteiger partial charge in [0.2, 0.25) is 0 Å². The number of hydrogen-bond acceptors (Lipinski definition) is 4. The van der Waals surface area contributed by atoms with E-state index in [2.05, 4.69) is 66.0 Å². The fraction of sp³-hybridized carbons (Fsp3) is 0.357. The molecule has 0 bridgehead atoms. The zero-order valence-corrected chi connectivity index (χ0v) is 14.8. The highest BCUT2D eigenvalue weighted by molar-refractivity contribution is 9.11. The number of nitrogens with one attached hydrogen (secondary N) is 1. The second-order valence-electron chi connectivity index (χ2n) is 4.50. The third-order valence-electron chi connectivity index (χ3n) is 3.01. The fourth-order valence-corrected chi connectivity index (χ4v) is 3.18. The summed E-state index contributed by atoms with van der Waals surface area (Å²) in [5.41, 5.74) is 2.84. The van der Waals surface area contributed by atoms with Gasteiger partial charge in [0.25, 0.3) is 0 Å². The maximum absolute atomic E-state index is 4.58. The van der Waals surface area contributed by atoms with Crippen LogP contribution in [0.2, 0.25) is 0 Å². The van der Waals surface area contributed by atoms with Crippen molar-refractivity contribution in [2.45, 2.75) is 26.8 Å². The second-order valence-corrected chi connectivity index (χ2v) is 6.27. The van der Waals surface area contributed by atoms with Gasteiger partial charge in [0, 0.05) is 38.6 Å². The Kier molecular flexibility index (Phi) is 5.23. The van der Waals surface area contributed by atoms with E-state index in [0.29, 0.717) is 5.82 Å². The number of hydrogen-bond donors (Lipinski definition) is 1. The molecule has 0 aromatic carbocycles. The standard InChI is InChI=1S/C14H16Br2N4/c1-4-17-8(2)11-7-19-14(20-9(11)3)13-12(16)5-10(15)6-18-13/h5-8,17H,4H2,1-3H3. The van der Waals surface area contributed by atoms with Gasteiger partial charge in [-0.25, -0.2) is 9.97 Å². The molecular formula is C14H16Br2N4. The van der Waals surface area contributed by atoms with Crippen LogP contribution in [0.25, 0.3) is 11.5 Å². The van der Waals surface area contributed by atoms with E-state index in [4.69, 9.17) is 0 Å². The Morgan fingerprint density at radius 3 is 2.60 bits per heavy atom. The van der Waals surface area contributed by atoms with Crippen molar-refractivity contribution in [3.8, 4) is 11.5 Å². The molecule has 106 valence electrons.